The Kier molecular flexibility index (Phi) is 9.27. The van der Waals surface area contributed by atoms with Crippen LogP contribution in [0.4, 0.5) is 0 Å². The van der Waals surface area contributed by atoms with Gasteiger partial charge < -0.3 is 24.4 Å². The molecule has 1 N–H and O–H groups in total. The van der Waals surface area contributed by atoms with Crippen LogP contribution >= 0.6 is 23.2 Å². The first kappa shape index (κ1) is 24.6. The average molecular weight is 469 g/mol. The number of benzene rings is 2. The number of rotatable bonds is 10. The van der Waals surface area contributed by atoms with Gasteiger partial charge in [0.25, 0.3) is 5.91 Å². The van der Waals surface area contributed by atoms with E-state index >= 15 is 0 Å². The van der Waals surface area contributed by atoms with E-state index in [0.29, 0.717) is 33.8 Å². The zero-order valence-electron chi connectivity index (χ0n) is 17.9. The van der Waals surface area contributed by atoms with Crippen LogP contribution in [0.5, 0.6) is 17.2 Å². The molecule has 2 aromatic rings. The molecule has 2 aromatic carbocycles. The third-order valence-corrected chi connectivity index (χ3v) is 5.28. The van der Waals surface area contributed by atoms with E-state index in [1.54, 1.807) is 43.3 Å². The number of nitrogens with zero attached hydrogens (tertiary/aromatic N) is 1. The lowest BCUT2D eigenvalue weighted by Gasteiger charge is -2.28. The van der Waals surface area contributed by atoms with Gasteiger partial charge in [-0.05, 0) is 31.5 Å². The second-order valence-corrected chi connectivity index (χ2v) is 7.49. The summed E-state index contributed by atoms with van der Waals surface area (Å²) in [5, 5.41) is 3.52. The number of hydrogen-bond acceptors (Lipinski definition) is 5. The molecule has 0 aliphatic rings. The number of nitrogens with one attached hydrogen (secondary N) is 1. The topological polar surface area (TPSA) is 77.1 Å². The van der Waals surface area contributed by atoms with Gasteiger partial charge in [-0.3, -0.25) is 9.59 Å². The third-order valence-electron chi connectivity index (χ3n) is 4.54. The third kappa shape index (κ3) is 6.94. The summed E-state index contributed by atoms with van der Waals surface area (Å²) in [6, 6.07) is 9.35. The molecule has 1 unspecified atom stereocenters. The molecule has 0 aromatic heterocycles. The lowest BCUT2D eigenvalue weighted by Crippen LogP contribution is -2.49. The highest BCUT2D eigenvalue weighted by molar-refractivity contribution is 6.42. The summed E-state index contributed by atoms with van der Waals surface area (Å²) in [6.07, 6.45) is 0. The first-order chi connectivity index (χ1) is 14.8. The SMILES string of the molecule is CCNC(=O)C(C)N(Cc1ccc(Cl)c(Cl)c1)C(=O)COc1cc(OC)cc(OC)c1. The number of carbonyl (C=O) groups is 2. The Labute approximate surface area is 192 Å². The highest BCUT2D eigenvalue weighted by atomic mass is 35.5. The molecule has 168 valence electrons. The maximum absolute atomic E-state index is 13.0. The Morgan fingerprint density at radius 3 is 2.16 bits per heavy atom. The van der Waals surface area contributed by atoms with Gasteiger partial charge in [-0.25, -0.2) is 0 Å². The van der Waals surface area contributed by atoms with Crippen molar-refractivity contribution in [2.45, 2.75) is 26.4 Å². The number of ether oxygens (including phenoxy) is 3. The van der Waals surface area contributed by atoms with E-state index in [0.717, 1.165) is 5.56 Å². The summed E-state index contributed by atoms with van der Waals surface area (Å²) in [7, 11) is 3.05. The summed E-state index contributed by atoms with van der Waals surface area (Å²) in [4.78, 5) is 26.9. The Morgan fingerprint density at radius 1 is 1.00 bits per heavy atom. The van der Waals surface area contributed by atoms with Crippen LogP contribution in [0.3, 0.4) is 0 Å². The van der Waals surface area contributed by atoms with Gasteiger partial charge in [-0.15, -0.1) is 0 Å². The minimum atomic E-state index is -0.717. The highest BCUT2D eigenvalue weighted by Crippen LogP contribution is 2.28. The molecule has 0 heterocycles. The number of carbonyl (C=O) groups excluding carboxylic acids is 2. The number of likely N-dealkylation sites (N-methyl/N-ethyl adjacent to an activating group) is 1. The van der Waals surface area contributed by atoms with Gasteiger partial charge in [0.2, 0.25) is 5.91 Å². The molecular weight excluding hydrogens is 443 g/mol. The number of halogens is 2. The molecule has 0 bridgehead atoms. The molecule has 1 atom stereocenters. The van der Waals surface area contributed by atoms with E-state index < -0.39 is 6.04 Å². The van der Waals surface area contributed by atoms with Crippen molar-refractivity contribution in [2.75, 3.05) is 27.4 Å². The molecule has 0 fully saturated rings. The molecule has 7 nitrogen and oxygen atoms in total. The van der Waals surface area contributed by atoms with E-state index in [2.05, 4.69) is 5.32 Å². The standard InChI is InChI=1S/C22H26Cl2N2O5/c1-5-25-22(28)14(2)26(12-15-6-7-19(23)20(24)8-15)21(27)13-31-18-10-16(29-3)9-17(11-18)30-4/h6-11,14H,5,12-13H2,1-4H3,(H,25,28). The molecule has 0 aliphatic heterocycles. The Hall–Kier alpha value is -2.64. The van der Waals surface area contributed by atoms with E-state index in [1.165, 1.54) is 19.1 Å². The fraction of sp³-hybridized carbons (Fsp3) is 0.364. The number of hydrogen-bond donors (Lipinski definition) is 1. The Morgan fingerprint density at radius 2 is 1.61 bits per heavy atom. The van der Waals surface area contributed by atoms with Crippen molar-refractivity contribution in [3.05, 3.63) is 52.0 Å². The van der Waals surface area contributed by atoms with Crippen molar-refractivity contribution in [1.82, 2.24) is 10.2 Å². The molecule has 9 heteroatoms. The van der Waals surface area contributed by atoms with Gasteiger partial charge in [-0.1, -0.05) is 29.3 Å². The molecule has 0 saturated heterocycles. The fourth-order valence-electron chi connectivity index (χ4n) is 2.83. The quantitative estimate of drug-likeness (QED) is 0.571. The summed E-state index contributed by atoms with van der Waals surface area (Å²) in [5.74, 6) is 0.838. The molecule has 0 saturated carbocycles. The average Bonchev–Trinajstić information content (AvgIpc) is 2.77. The van der Waals surface area contributed by atoms with E-state index in [9.17, 15) is 9.59 Å². The van der Waals surface area contributed by atoms with E-state index in [4.69, 9.17) is 37.4 Å². The van der Waals surface area contributed by atoms with Crippen LogP contribution in [0.1, 0.15) is 19.4 Å². The number of amides is 2. The molecule has 31 heavy (non-hydrogen) atoms. The van der Waals surface area contributed by atoms with E-state index in [-0.39, 0.29) is 25.0 Å². The first-order valence-electron chi connectivity index (χ1n) is 9.66. The van der Waals surface area contributed by atoms with Crippen LogP contribution in [0.15, 0.2) is 36.4 Å². The van der Waals surface area contributed by atoms with Crippen LogP contribution in [-0.4, -0.2) is 50.1 Å². The zero-order valence-corrected chi connectivity index (χ0v) is 19.4. The zero-order chi connectivity index (χ0) is 23.0. The largest absolute Gasteiger partial charge is 0.496 e. The predicted octanol–water partition coefficient (Wildman–Crippen LogP) is 3.94. The van der Waals surface area contributed by atoms with Crippen molar-refractivity contribution in [2.24, 2.45) is 0 Å². The normalized spacial score (nSPS) is 11.4. The van der Waals surface area contributed by atoms with Crippen LogP contribution in [0.2, 0.25) is 10.0 Å². The van der Waals surface area contributed by atoms with Gasteiger partial charge in [0, 0.05) is 31.3 Å². The maximum Gasteiger partial charge on any atom is 0.261 e. The maximum atomic E-state index is 13.0. The van der Waals surface area contributed by atoms with Gasteiger partial charge in [0.15, 0.2) is 6.61 Å². The molecular formula is C22H26Cl2N2O5. The predicted molar refractivity (Wildman–Crippen MR) is 120 cm³/mol. The van der Waals surface area contributed by atoms with Crippen molar-refractivity contribution >= 4 is 35.0 Å². The summed E-state index contributed by atoms with van der Waals surface area (Å²) in [5.41, 5.74) is 0.738. The summed E-state index contributed by atoms with van der Waals surface area (Å²) in [6.45, 7) is 3.82. The lowest BCUT2D eigenvalue weighted by molar-refractivity contribution is -0.142. The van der Waals surface area contributed by atoms with Crippen molar-refractivity contribution < 1.29 is 23.8 Å². The molecule has 0 radical (unpaired) electrons. The molecule has 0 aliphatic carbocycles. The number of methoxy groups -OCH3 is 2. The van der Waals surface area contributed by atoms with Crippen LogP contribution < -0.4 is 19.5 Å². The van der Waals surface area contributed by atoms with Gasteiger partial charge in [0.05, 0.1) is 24.3 Å². The van der Waals surface area contributed by atoms with Crippen molar-refractivity contribution in [3.63, 3.8) is 0 Å². The second-order valence-electron chi connectivity index (χ2n) is 6.68. The monoisotopic (exact) mass is 468 g/mol. The van der Waals surface area contributed by atoms with Crippen molar-refractivity contribution in [3.8, 4) is 17.2 Å². The first-order valence-corrected chi connectivity index (χ1v) is 10.4. The summed E-state index contributed by atoms with van der Waals surface area (Å²) < 4.78 is 16.1. The second kappa shape index (κ2) is 11.7. The molecule has 2 rings (SSSR count). The van der Waals surface area contributed by atoms with Crippen molar-refractivity contribution in [1.29, 1.82) is 0 Å². The molecule has 0 spiro atoms. The fourth-order valence-corrected chi connectivity index (χ4v) is 3.15. The highest BCUT2D eigenvalue weighted by Gasteiger charge is 2.26. The minimum absolute atomic E-state index is 0.165. The van der Waals surface area contributed by atoms with Crippen LogP contribution in [0.25, 0.3) is 0 Å². The summed E-state index contributed by atoms with van der Waals surface area (Å²) >= 11 is 12.1. The minimum Gasteiger partial charge on any atom is -0.496 e. The lowest BCUT2D eigenvalue weighted by atomic mass is 10.1. The smallest absolute Gasteiger partial charge is 0.261 e. The van der Waals surface area contributed by atoms with Crippen LogP contribution in [-0.2, 0) is 16.1 Å². The molecule has 2 amide bonds. The Bertz CT molecular complexity index is 901. The van der Waals surface area contributed by atoms with E-state index in [1.807, 2.05) is 6.92 Å². The van der Waals surface area contributed by atoms with Gasteiger partial charge in [-0.2, -0.15) is 0 Å². The van der Waals surface area contributed by atoms with Crippen LogP contribution in [0, 0.1) is 0 Å². The van der Waals surface area contributed by atoms with Gasteiger partial charge in [0.1, 0.15) is 23.3 Å². The Balaban J connectivity index is 2.20. The van der Waals surface area contributed by atoms with Gasteiger partial charge >= 0.3 is 0 Å².